The third kappa shape index (κ3) is 1.70. The Morgan fingerprint density at radius 3 is 3.16 bits per heavy atom. The highest BCUT2D eigenvalue weighted by molar-refractivity contribution is 5.90. The Hall–Kier alpha value is -1.40. The van der Waals surface area contributed by atoms with Crippen LogP contribution in [0.1, 0.15) is 6.42 Å². The van der Waals surface area contributed by atoms with Crippen LogP contribution in [0.25, 0.3) is 0 Å². The third-order valence-corrected chi connectivity index (χ3v) is 4.23. The van der Waals surface area contributed by atoms with Gasteiger partial charge in [-0.1, -0.05) is 12.2 Å². The number of carboxylic acid groups (broad SMARTS) is 1. The van der Waals surface area contributed by atoms with Crippen molar-refractivity contribution in [1.82, 2.24) is 4.90 Å². The predicted octanol–water partition coefficient (Wildman–Crippen LogP) is -1.45. The van der Waals surface area contributed by atoms with E-state index in [0.717, 1.165) is 6.42 Å². The molecule has 19 heavy (non-hydrogen) atoms. The molecule has 2 saturated heterocycles. The maximum absolute atomic E-state index is 12.4. The standard InChI is InChI=1S/C13H17NO5/c1-18-6-2-5-14-7-13-4-3-8(19-13)9(12(16)17)10(13)11(14)15/h3-4,8-10H,2,5-7H2,1H3,(H,16,17)/p-1/t8-,9+,10-,13+/m1/s1. The molecule has 2 bridgehead atoms. The van der Waals surface area contributed by atoms with E-state index < -0.39 is 29.5 Å². The van der Waals surface area contributed by atoms with Crippen molar-refractivity contribution < 1.29 is 24.2 Å². The Bertz CT molecular complexity index is 448. The van der Waals surface area contributed by atoms with Crippen molar-refractivity contribution in [3.05, 3.63) is 12.2 Å². The zero-order valence-corrected chi connectivity index (χ0v) is 10.7. The lowest BCUT2D eigenvalue weighted by molar-refractivity contribution is -0.313. The molecule has 0 saturated carbocycles. The van der Waals surface area contributed by atoms with E-state index in [1.807, 2.05) is 6.08 Å². The lowest BCUT2D eigenvalue weighted by Crippen LogP contribution is -2.45. The number of hydrogen-bond acceptors (Lipinski definition) is 5. The van der Waals surface area contributed by atoms with E-state index >= 15 is 0 Å². The first-order valence-corrected chi connectivity index (χ1v) is 6.45. The molecule has 0 aromatic carbocycles. The van der Waals surface area contributed by atoms with Gasteiger partial charge in [0.05, 0.1) is 18.6 Å². The summed E-state index contributed by atoms with van der Waals surface area (Å²) in [5, 5.41) is 11.2. The van der Waals surface area contributed by atoms with Gasteiger partial charge in [0.25, 0.3) is 0 Å². The van der Waals surface area contributed by atoms with E-state index in [1.54, 1.807) is 18.1 Å². The minimum Gasteiger partial charge on any atom is -0.550 e. The highest BCUT2D eigenvalue weighted by Crippen LogP contribution is 2.51. The molecule has 2 fully saturated rings. The Morgan fingerprint density at radius 2 is 2.47 bits per heavy atom. The second kappa shape index (κ2) is 4.31. The molecule has 3 aliphatic rings. The topological polar surface area (TPSA) is 78.9 Å². The fourth-order valence-corrected chi connectivity index (χ4v) is 3.44. The minimum atomic E-state index is -1.20. The molecule has 0 N–H and O–H groups in total. The number of ether oxygens (including phenoxy) is 2. The van der Waals surface area contributed by atoms with Gasteiger partial charge in [0.15, 0.2) is 0 Å². The number of amides is 1. The number of aliphatic carboxylic acids is 1. The number of carbonyl (C=O) groups is 2. The first-order valence-electron chi connectivity index (χ1n) is 6.45. The highest BCUT2D eigenvalue weighted by atomic mass is 16.5. The fraction of sp³-hybridized carbons (Fsp3) is 0.692. The summed E-state index contributed by atoms with van der Waals surface area (Å²) < 4.78 is 10.7. The summed E-state index contributed by atoms with van der Waals surface area (Å²) in [6.07, 6.45) is 3.80. The van der Waals surface area contributed by atoms with Crippen molar-refractivity contribution in [2.24, 2.45) is 11.8 Å². The van der Waals surface area contributed by atoms with E-state index in [9.17, 15) is 14.7 Å². The summed E-state index contributed by atoms with van der Waals surface area (Å²) >= 11 is 0. The quantitative estimate of drug-likeness (QED) is 0.449. The molecule has 0 unspecified atom stereocenters. The molecular weight excluding hydrogens is 250 g/mol. The maximum Gasteiger partial charge on any atom is 0.229 e. The Balaban J connectivity index is 1.79. The summed E-state index contributed by atoms with van der Waals surface area (Å²) in [6.45, 7) is 1.56. The van der Waals surface area contributed by atoms with Gasteiger partial charge in [0.2, 0.25) is 5.91 Å². The summed E-state index contributed by atoms with van der Waals surface area (Å²) in [4.78, 5) is 25.3. The van der Waals surface area contributed by atoms with Crippen LogP contribution in [0.3, 0.4) is 0 Å². The largest absolute Gasteiger partial charge is 0.550 e. The monoisotopic (exact) mass is 266 g/mol. The van der Waals surface area contributed by atoms with Crippen LogP contribution in [0.2, 0.25) is 0 Å². The smallest absolute Gasteiger partial charge is 0.229 e. The van der Waals surface area contributed by atoms with E-state index in [2.05, 4.69) is 0 Å². The Morgan fingerprint density at radius 1 is 1.68 bits per heavy atom. The van der Waals surface area contributed by atoms with Gasteiger partial charge < -0.3 is 24.3 Å². The normalized spacial score (nSPS) is 39.1. The van der Waals surface area contributed by atoms with Gasteiger partial charge in [0.1, 0.15) is 5.60 Å². The number of methoxy groups -OCH3 is 1. The highest BCUT2D eigenvalue weighted by Gasteiger charge is 2.65. The molecule has 3 aliphatic heterocycles. The first-order chi connectivity index (χ1) is 9.09. The van der Waals surface area contributed by atoms with Crippen LogP contribution in [0, 0.1) is 11.8 Å². The molecule has 0 aliphatic carbocycles. The van der Waals surface area contributed by atoms with E-state index in [-0.39, 0.29) is 5.91 Å². The SMILES string of the molecule is COCCCN1C[C@]23C=C[C@@H](O2)[C@H](C(=O)[O-])[C@@H]3C1=O. The summed E-state index contributed by atoms with van der Waals surface area (Å²) in [5.41, 5.74) is -0.750. The molecular formula is C13H16NO5-. The summed E-state index contributed by atoms with van der Waals surface area (Å²) in [5.74, 6) is -2.83. The van der Waals surface area contributed by atoms with E-state index in [0.29, 0.717) is 19.7 Å². The van der Waals surface area contributed by atoms with Crippen molar-refractivity contribution in [3.8, 4) is 0 Å². The number of nitrogens with zero attached hydrogens (tertiary/aromatic N) is 1. The third-order valence-electron chi connectivity index (χ3n) is 4.23. The molecule has 1 spiro atoms. The number of carbonyl (C=O) groups excluding carboxylic acids is 2. The van der Waals surface area contributed by atoms with Crippen molar-refractivity contribution >= 4 is 11.9 Å². The van der Waals surface area contributed by atoms with Crippen molar-refractivity contribution in [2.75, 3.05) is 26.8 Å². The molecule has 0 aromatic rings. The van der Waals surface area contributed by atoms with Crippen LogP contribution < -0.4 is 5.11 Å². The number of likely N-dealkylation sites (tertiary alicyclic amines) is 1. The van der Waals surface area contributed by atoms with Gasteiger partial charge >= 0.3 is 0 Å². The van der Waals surface area contributed by atoms with Crippen molar-refractivity contribution in [1.29, 1.82) is 0 Å². The van der Waals surface area contributed by atoms with Gasteiger partial charge in [-0.05, 0) is 6.42 Å². The van der Waals surface area contributed by atoms with Crippen LogP contribution in [0.4, 0.5) is 0 Å². The molecule has 6 heteroatoms. The zero-order chi connectivity index (χ0) is 13.6. The van der Waals surface area contributed by atoms with Gasteiger partial charge in [-0.15, -0.1) is 0 Å². The first kappa shape index (κ1) is 12.6. The van der Waals surface area contributed by atoms with Crippen LogP contribution in [-0.2, 0) is 19.1 Å². The van der Waals surface area contributed by atoms with Gasteiger partial charge in [-0.2, -0.15) is 0 Å². The van der Waals surface area contributed by atoms with Crippen LogP contribution >= 0.6 is 0 Å². The predicted molar refractivity (Wildman–Crippen MR) is 61.8 cm³/mol. The lowest BCUT2D eigenvalue weighted by Gasteiger charge is -2.24. The van der Waals surface area contributed by atoms with Crippen molar-refractivity contribution in [3.63, 3.8) is 0 Å². The second-order valence-corrected chi connectivity index (χ2v) is 5.33. The minimum absolute atomic E-state index is 0.142. The molecule has 1 amide bonds. The van der Waals surface area contributed by atoms with Crippen LogP contribution in [-0.4, -0.2) is 55.3 Å². The van der Waals surface area contributed by atoms with Crippen LogP contribution in [0.5, 0.6) is 0 Å². The Labute approximate surface area is 111 Å². The molecule has 4 atom stereocenters. The van der Waals surface area contributed by atoms with Crippen molar-refractivity contribution in [2.45, 2.75) is 18.1 Å². The molecule has 3 heterocycles. The maximum atomic E-state index is 12.4. The summed E-state index contributed by atoms with van der Waals surface area (Å²) in [6, 6.07) is 0. The fourth-order valence-electron chi connectivity index (χ4n) is 3.44. The van der Waals surface area contributed by atoms with Crippen LogP contribution in [0.15, 0.2) is 12.2 Å². The van der Waals surface area contributed by atoms with E-state index in [1.165, 1.54) is 0 Å². The van der Waals surface area contributed by atoms with Gasteiger partial charge in [-0.25, -0.2) is 0 Å². The van der Waals surface area contributed by atoms with Gasteiger partial charge in [-0.3, -0.25) is 4.79 Å². The molecule has 104 valence electrons. The molecule has 0 aromatic heterocycles. The van der Waals surface area contributed by atoms with Gasteiger partial charge in [0, 0.05) is 32.1 Å². The Kier molecular flexibility index (Phi) is 2.87. The zero-order valence-electron chi connectivity index (χ0n) is 10.7. The average molecular weight is 266 g/mol. The molecule has 6 nitrogen and oxygen atoms in total. The number of fused-ring (bicyclic) bond motifs is 1. The molecule has 0 radical (unpaired) electrons. The summed E-state index contributed by atoms with van der Waals surface area (Å²) in [7, 11) is 1.61. The number of rotatable bonds is 5. The number of carboxylic acids is 1. The second-order valence-electron chi connectivity index (χ2n) is 5.33. The average Bonchev–Trinajstić information content (AvgIpc) is 2.99. The lowest BCUT2D eigenvalue weighted by atomic mass is 9.77. The molecule has 3 rings (SSSR count). The van der Waals surface area contributed by atoms with E-state index in [4.69, 9.17) is 9.47 Å². The number of hydrogen-bond donors (Lipinski definition) is 0.